The van der Waals surface area contributed by atoms with Crippen LogP contribution in [-0.4, -0.2) is 18.4 Å². The molecule has 0 amide bonds. The van der Waals surface area contributed by atoms with Crippen LogP contribution in [-0.2, 0) is 6.54 Å². The monoisotopic (exact) mass is 675 g/mol. The van der Waals surface area contributed by atoms with Gasteiger partial charge < -0.3 is 0 Å². The molecule has 0 fully saturated rings. The third-order valence-corrected chi connectivity index (χ3v) is 8.61. The molecule has 6 aromatic rings. The van der Waals surface area contributed by atoms with Crippen molar-refractivity contribution in [2.24, 2.45) is 15.0 Å². The van der Waals surface area contributed by atoms with Gasteiger partial charge in [0, 0.05) is 11.1 Å². The maximum Gasteiger partial charge on any atom is 0.161 e. The summed E-state index contributed by atoms with van der Waals surface area (Å²) in [6, 6.07) is 52.9. The Morgan fingerprint density at radius 3 is 1.63 bits per heavy atom. The van der Waals surface area contributed by atoms with Crippen LogP contribution >= 0.6 is 0 Å². The third-order valence-electron chi connectivity index (χ3n) is 8.61. The van der Waals surface area contributed by atoms with Crippen molar-refractivity contribution in [3.8, 4) is 33.4 Å². The lowest BCUT2D eigenvalue weighted by Crippen LogP contribution is -2.06. The standard InChI is InChI=1S/C47H41N3.C2H4/c1-5-14-36(6-2)38-27-25-35(26-28-38)33-49-47(50-46(48-4)44-23-12-19-40(31-44)37-16-8-7-9-17-37)45-24-13-22-43(32-45)42-21-11-20-41(30-42)39-18-10-15-34(3)29-39;1-2/h5-32H,4,33H2,1-3H3;1-2H2/b14-5-,36-6+,49-47?,50-46?;. The molecule has 0 bridgehead atoms. The molecule has 0 aliphatic carbocycles. The second-order valence-corrected chi connectivity index (χ2v) is 12.2. The van der Waals surface area contributed by atoms with E-state index in [9.17, 15) is 0 Å². The van der Waals surface area contributed by atoms with Gasteiger partial charge in [-0.05, 0) is 95.8 Å². The van der Waals surface area contributed by atoms with Gasteiger partial charge in [-0.25, -0.2) is 9.98 Å². The summed E-state index contributed by atoms with van der Waals surface area (Å²) >= 11 is 0. The first-order valence-corrected chi connectivity index (χ1v) is 17.5. The Bertz CT molecular complexity index is 2240. The lowest BCUT2D eigenvalue weighted by Gasteiger charge is -2.10. The maximum absolute atomic E-state index is 5.11. The number of nitrogens with zero attached hydrogens (tertiary/aromatic N) is 3. The Hall–Kier alpha value is -6.45. The van der Waals surface area contributed by atoms with E-state index in [0.717, 1.165) is 38.9 Å². The highest BCUT2D eigenvalue weighted by atomic mass is 15.0. The molecule has 0 aliphatic rings. The molecule has 0 saturated heterocycles. The Morgan fingerprint density at radius 2 is 1.06 bits per heavy atom. The molecule has 0 aromatic heterocycles. The summed E-state index contributed by atoms with van der Waals surface area (Å²) in [5.41, 5.74) is 13.3. The number of benzene rings is 6. The predicted octanol–water partition coefficient (Wildman–Crippen LogP) is 12.9. The molecule has 0 saturated carbocycles. The van der Waals surface area contributed by atoms with Crippen molar-refractivity contribution in [3.63, 3.8) is 0 Å². The summed E-state index contributed by atoms with van der Waals surface area (Å²) in [5.74, 6) is 1.12. The molecular weight excluding hydrogens is 631 g/mol. The van der Waals surface area contributed by atoms with Gasteiger partial charge in [0.15, 0.2) is 11.7 Å². The molecule has 3 nitrogen and oxygen atoms in total. The Kier molecular flexibility index (Phi) is 13.1. The number of hydrogen-bond donors (Lipinski definition) is 0. The summed E-state index contributed by atoms with van der Waals surface area (Å²) in [4.78, 5) is 14.6. The fraction of sp³-hybridized carbons (Fsp3) is 0.0816. The average molecular weight is 676 g/mol. The summed E-state index contributed by atoms with van der Waals surface area (Å²) < 4.78 is 0. The Morgan fingerprint density at radius 1 is 0.538 bits per heavy atom. The van der Waals surface area contributed by atoms with Crippen LogP contribution in [0.15, 0.2) is 198 Å². The lowest BCUT2D eigenvalue weighted by molar-refractivity contribution is 1.06. The first-order valence-electron chi connectivity index (χ1n) is 17.5. The van der Waals surface area contributed by atoms with Crippen LogP contribution in [0.2, 0.25) is 0 Å². The fourth-order valence-electron chi connectivity index (χ4n) is 6.00. The molecule has 0 heterocycles. The number of aliphatic imine (C=N–C) groups is 3. The van der Waals surface area contributed by atoms with E-state index in [1.54, 1.807) is 0 Å². The third kappa shape index (κ3) is 9.41. The van der Waals surface area contributed by atoms with Crippen LogP contribution < -0.4 is 0 Å². The molecule has 0 radical (unpaired) electrons. The van der Waals surface area contributed by atoms with Crippen LogP contribution in [0.5, 0.6) is 0 Å². The maximum atomic E-state index is 5.11. The first kappa shape index (κ1) is 36.8. The number of amidine groups is 2. The van der Waals surface area contributed by atoms with Gasteiger partial charge in [0.2, 0.25) is 0 Å². The number of allylic oxidation sites excluding steroid dienone is 4. The molecule has 256 valence electrons. The zero-order chi connectivity index (χ0) is 36.7. The highest BCUT2D eigenvalue weighted by Gasteiger charge is 2.11. The van der Waals surface area contributed by atoms with Crippen LogP contribution in [0.1, 0.15) is 41.7 Å². The molecule has 0 atom stereocenters. The fourth-order valence-corrected chi connectivity index (χ4v) is 6.00. The zero-order valence-corrected chi connectivity index (χ0v) is 30.3. The van der Waals surface area contributed by atoms with E-state index in [0.29, 0.717) is 18.2 Å². The van der Waals surface area contributed by atoms with Crippen LogP contribution in [0.4, 0.5) is 0 Å². The molecule has 0 aliphatic heterocycles. The summed E-state index contributed by atoms with van der Waals surface area (Å²) in [6.07, 6.45) is 6.31. The highest BCUT2D eigenvalue weighted by Crippen LogP contribution is 2.28. The molecule has 0 N–H and O–H groups in total. The second kappa shape index (κ2) is 18.5. The van der Waals surface area contributed by atoms with Gasteiger partial charge in [-0.3, -0.25) is 4.99 Å². The van der Waals surface area contributed by atoms with Crippen LogP contribution in [0, 0.1) is 6.92 Å². The Labute approximate surface area is 309 Å². The largest absolute Gasteiger partial charge is 0.261 e. The summed E-state index contributed by atoms with van der Waals surface area (Å²) in [5, 5.41) is 0. The van der Waals surface area contributed by atoms with Gasteiger partial charge in [0.05, 0.1) is 6.54 Å². The van der Waals surface area contributed by atoms with Crippen molar-refractivity contribution in [3.05, 3.63) is 211 Å². The van der Waals surface area contributed by atoms with Gasteiger partial charge in [-0.15, -0.1) is 13.2 Å². The average Bonchev–Trinajstić information content (AvgIpc) is 3.21. The SMILES string of the molecule is C=C.C=NC(=NC(=NCc1ccc(C(/C=C\C)=C/C)cc1)c1cccc(-c2cccc(-c3cccc(C)c3)c2)c1)c1cccc(-c2ccccc2)c1. The summed E-state index contributed by atoms with van der Waals surface area (Å²) in [7, 11) is 0. The minimum Gasteiger partial charge on any atom is -0.261 e. The van der Waals surface area contributed by atoms with Crippen LogP contribution in [0.3, 0.4) is 0 Å². The number of hydrogen-bond acceptors (Lipinski definition) is 1. The topological polar surface area (TPSA) is 37.1 Å². The van der Waals surface area contributed by atoms with Crippen molar-refractivity contribution < 1.29 is 0 Å². The van der Waals surface area contributed by atoms with Crippen molar-refractivity contribution in [1.82, 2.24) is 0 Å². The molecule has 6 rings (SSSR count). The van der Waals surface area contributed by atoms with E-state index in [4.69, 9.17) is 9.98 Å². The summed E-state index contributed by atoms with van der Waals surface area (Å²) in [6.45, 7) is 16.6. The lowest BCUT2D eigenvalue weighted by atomic mass is 9.97. The zero-order valence-electron chi connectivity index (χ0n) is 30.3. The predicted molar refractivity (Wildman–Crippen MR) is 226 cm³/mol. The quantitative estimate of drug-likeness (QED) is 0.0633. The van der Waals surface area contributed by atoms with Crippen molar-refractivity contribution >= 4 is 24.0 Å². The number of rotatable bonds is 9. The van der Waals surface area contributed by atoms with Gasteiger partial charge in [-0.2, -0.15) is 0 Å². The molecule has 52 heavy (non-hydrogen) atoms. The van der Waals surface area contributed by atoms with Gasteiger partial charge in [0.25, 0.3) is 0 Å². The molecule has 0 unspecified atom stereocenters. The van der Waals surface area contributed by atoms with E-state index in [1.807, 2.05) is 37.3 Å². The second-order valence-electron chi connectivity index (χ2n) is 12.2. The van der Waals surface area contributed by atoms with Gasteiger partial charge in [0.1, 0.15) is 0 Å². The van der Waals surface area contributed by atoms with Crippen molar-refractivity contribution in [1.29, 1.82) is 0 Å². The molecule has 0 spiro atoms. The normalized spacial score (nSPS) is 11.9. The van der Waals surface area contributed by atoms with E-state index in [1.165, 1.54) is 27.8 Å². The molecule has 6 aromatic carbocycles. The van der Waals surface area contributed by atoms with Crippen molar-refractivity contribution in [2.75, 3.05) is 0 Å². The van der Waals surface area contributed by atoms with E-state index < -0.39 is 0 Å². The van der Waals surface area contributed by atoms with Crippen molar-refractivity contribution in [2.45, 2.75) is 27.3 Å². The van der Waals surface area contributed by atoms with E-state index >= 15 is 0 Å². The smallest absolute Gasteiger partial charge is 0.161 e. The van der Waals surface area contributed by atoms with Gasteiger partial charge in [-0.1, -0.05) is 157 Å². The number of aryl methyl sites for hydroxylation is 1. The first-order chi connectivity index (χ1) is 25.5. The Balaban J connectivity index is 0.00000257. The van der Waals surface area contributed by atoms with E-state index in [2.05, 4.69) is 178 Å². The molecule has 3 heteroatoms. The van der Waals surface area contributed by atoms with Crippen LogP contribution in [0.25, 0.3) is 39.0 Å². The highest BCUT2D eigenvalue weighted by molar-refractivity contribution is 6.13. The minimum atomic E-state index is 0.468. The molecular formula is C49H45N3. The van der Waals surface area contributed by atoms with Gasteiger partial charge >= 0.3 is 0 Å². The van der Waals surface area contributed by atoms with E-state index in [-0.39, 0.29) is 0 Å². The minimum absolute atomic E-state index is 0.468.